The number of hydrogen-bond donors (Lipinski definition) is 0. The Morgan fingerprint density at radius 3 is 1.28 bits per heavy atom. The van der Waals surface area contributed by atoms with E-state index in [1.54, 1.807) is 36.4 Å². The van der Waals surface area contributed by atoms with E-state index in [0.717, 1.165) is 21.5 Å². The zero-order valence-corrected chi connectivity index (χ0v) is 21.8. The summed E-state index contributed by atoms with van der Waals surface area (Å²) >= 11 is 0. The summed E-state index contributed by atoms with van der Waals surface area (Å²) in [7, 11) is 0. The van der Waals surface area contributed by atoms with E-state index in [4.69, 9.17) is 9.97 Å². The van der Waals surface area contributed by atoms with Crippen molar-refractivity contribution in [1.82, 2.24) is 29.5 Å². The van der Waals surface area contributed by atoms with Gasteiger partial charge >= 0.3 is 12.4 Å². The van der Waals surface area contributed by atoms with Gasteiger partial charge in [0.15, 0.2) is 23.0 Å². The smallest absolute Gasteiger partial charge is 0.233 e. The highest BCUT2D eigenvalue weighted by atomic mass is 19.4. The van der Waals surface area contributed by atoms with E-state index < -0.39 is 29.2 Å². The van der Waals surface area contributed by atoms with Crippen molar-refractivity contribution < 1.29 is 26.3 Å². The van der Waals surface area contributed by atoms with Crippen LogP contribution in [-0.2, 0) is 17.8 Å². The fourth-order valence-corrected chi connectivity index (χ4v) is 4.87. The molecule has 0 aliphatic carbocycles. The molecule has 39 heavy (non-hydrogen) atoms. The zero-order valence-electron chi connectivity index (χ0n) is 21.8. The molecule has 4 rings (SSSR count). The predicted octanol–water partition coefficient (Wildman–Crippen LogP) is 7.26. The molecule has 0 radical (unpaired) electrons. The lowest BCUT2D eigenvalue weighted by Gasteiger charge is -2.36. The molecule has 6 nitrogen and oxygen atoms in total. The summed E-state index contributed by atoms with van der Waals surface area (Å²) in [4.78, 5) is 9.51. The molecule has 4 aromatic heterocycles. The number of alkyl halides is 6. The van der Waals surface area contributed by atoms with E-state index in [2.05, 4.69) is 10.2 Å². The molecule has 0 aliphatic rings. The van der Waals surface area contributed by atoms with Crippen molar-refractivity contribution in [2.24, 2.45) is 11.8 Å². The Balaban J connectivity index is 1.86. The third-order valence-corrected chi connectivity index (χ3v) is 6.19. The Hall–Kier alpha value is -3.70. The maximum absolute atomic E-state index is 13.2. The Morgan fingerprint density at radius 2 is 0.974 bits per heavy atom. The van der Waals surface area contributed by atoms with Crippen LogP contribution in [0.3, 0.4) is 0 Å². The second-order valence-electron chi connectivity index (χ2n) is 10.3. The fraction of sp³-hybridized carbons (Fsp3) is 0.407. The number of rotatable bonds is 8. The molecule has 208 valence electrons. The lowest BCUT2D eigenvalue weighted by Crippen LogP contribution is -2.34. The number of hydrogen-bond acceptors (Lipinski definition) is 4. The van der Waals surface area contributed by atoms with E-state index >= 15 is 0 Å². The Labute approximate surface area is 221 Å². The first-order valence-electron chi connectivity index (χ1n) is 12.4. The van der Waals surface area contributed by atoms with Crippen LogP contribution in [0.5, 0.6) is 0 Å². The summed E-state index contributed by atoms with van der Waals surface area (Å²) in [6.07, 6.45) is -5.61. The predicted molar refractivity (Wildman–Crippen MR) is 132 cm³/mol. The van der Waals surface area contributed by atoms with Crippen LogP contribution in [0.2, 0.25) is 0 Å². The number of halogens is 6. The minimum Gasteiger partial charge on any atom is -0.233 e. The van der Waals surface area contributed by atoms with Gasteiger partial charge in [-0.15, -0.1) is 0 Å². The van der Waals surface area contributed by atoms with Crippen LogP contribution in [0.4, 0.5) is 26.3 Å². The molecule has 12 heteroatoms. The summed E-state index contributed by atoms with van der Waals surface area (Å²) in [6.45, 7) is 8.15. The van der Waals surface area contributed by atoms with Crippen molar-refractivity contribution in [3.05, 3.63) is 83.7 Å². The molecule has 0 aromatic carbocycles. The lowest BCUT2D eigenvalue weighted by molar-refractivity contribution is -0.142. The molecule has 4 heterocycles. The molecule has 0 N–H and O–H groups in total. The molecule has 0 saturated heterocycles. The molecule has 0 atom stereocenters. The number of aromatic nitrogens is 6. The Bertz CT molecular complexity index is 1310. The van der Waals surface area contributed by atoms with Gasteiger partial charge in [-0.3, -0.25) is 0 Å². The van der Waals surface area contributed by atoms with E-state index in [0.29, 0.717) is 24.2 Å². The van der Waals surface area contributed by atoms with Crippen molar-refractivity contribution in [3.63, 3.8) is 0 Å². The van der Waals surface area contributed by atoms with Gasteiger partial charge in [0.05, 0.1) is 16.8 Å². The highest BCUT2D eigenvalue weighted by molar-refractivity contribution is 5.38. The maximum atomic E-state index is 13.2. The topological polar surface area (TPSA) is 61.4 Å². The van der Waals surface area contributed by atoms with Crippen LogP contribution in [0.1, 0.15) is 63.3 Å². The summed E-state index contributed by atoms with van der Waals surface area (Å²) in [5.41, 5.74) is -1.71. The molecular formula is C27H28F6N6. The van der Waals surface area contributed by atoms with Gasteiger partial charge in [0.2, 0.25) is 0 Å². The second-order valence-corrected chi connectivity index (χ2v) is 10.3. The van der Waals surface area contributed by atoms with Gasteiger partial charge in [0, 0.05) is 12.4 Å². The SMILES string of the molecule is CC(C)CC(CC(C)C)(c1cccc(-n2ccc(C(F)(F)F)n2)n1)c1cccc(-n2ccc(C(F)(F)F)n2)n1. The third kappa shape index (κ3) is 6.15. The van der Waals surface area contributed by atoms with Crippen LogP contribution in [0, 0.1) is 11.8 Å². The molecule has 0 fully saturated rings. The Kier molecular flexibility index (Phi) is 7.59. The van der Waals surface area contributed by atoms with Crippen LogP contribution < -0.4 is 0 Å². The lowest BCUT2D eigenvalue weighted by atomic mass is 9.69. The summed E-state index contributed by atoms with van der Waals surface area (Å²) in [5, 5.41) is 7.31. The molecule has 0 bridgehead atoms. The summed E-state index contributed by atoms with van der Waals surface area (Å²) < 4.78 is 81.1. The van der Waals surface area contributed by atoms with Gasteiger partial charge in [-0.1, -0.05) is 39.8 Å². The van der Waals surface area contributed by atoms with Crippen molar-refractivity contribution in [3.8, 4) is 11.6 Å². The fourth-order valence-electron chi connectivity index (χ4n) is 4.87. The normalized spacial score (nSPS) is 13.0. The first-order chi connectivity index (χ1) is 18.2. The second kappa shape index (κ2) is 10.5. The highest BCUT2D eigenvalue weighted by Gasteiger charge is 2.40. The monoisotopic (exact) mass is 550 g/mol. The van der Waals surface area contributed by atoms with Crippen molar-refractivity contribution in [2.45, 2.75) is 58.3 Å². The molecule has 0 aliphatic heterocycles. The molecule has 0 spiro atoms. The minimum absolute atomic E-state index is 0.155. The zero-order chi connectivity index (χ0) is 28.6. The third-order valence-electron chi connectivity index (χ3n) is 6.19. The van der Waals surface area contributed by atoms with E-state index in [1.165, 1.54) is 12.4 Å². The Morgan fingerprint density at radius 1 is 0.590 bits per heavy atom. The van der Waals surface area contributed by atoms with Crippen LogP contribution in [0.25, 0.3) is 11.6 Å². The van der Waals surface area contributed by atoms with E-state index in [9.17, 15) is 26.3 Å². The average Bonchev–Trinajstić information content (AvgIpc) is 3.53. The van der Waals surface area contributed by atoms with Gasteiger partial charge in [-0.05, 0) is 61.1 Å². The molecule has 0 amide bonds. The van der Waals surface area contributed by atoms with E-state index in [1.807, 2.05) is 27.7 Å². The van der Waals surface area contributed by atoms with Crippen LogP contribution in [-0.4, -0.2) is 29.5 Å². The average molecular weight is 551 g/mol. The van der Waals surface area contributed by atoms with Crippen LogP contribution >= 0.6 is 0 Å². The minimum atomic E-state index is -4.59. The van der Waals surface area contributed by atoms with Gasteiger partial charge < -0.3 is 0 Å². The standard InChI is InChI=1S/C27H28F6N6/c1-17(2)15-25(16-18(3)4,19-7-5-9-23(34-19)38-13-11-21(36-38)26(28,29)30)20-8-6-10-24(35-20)39-14-12-22(37-39)27(31,32)33/h5-14,17-18H,15-16H2,1-4H3. The van der Waals surface area contributed by atoms with Gasteiger partial charge in [-0.2, -0.15) is 36.5 Å². The first-order valence-corrected chi connectivity index (χ1v) is 12.4. The van der Waals surface area contributed by atoms with Crippen molar-refractivity contribution >= 4 is 0 Å². The van der Waals surface area contributed by atoms with Gasteiger partial charge in [0.25, 0.3) is 0 Å². The summed E-state index contributed by atoms with van der Waals surface area (Å²) in [5.74, 6) is 0.723. The van der Waals surface area contributed by atoms with Gasteiger partial charge in [0.1, 0.15) is 0 Å². The number of nitrogens with zero attached hydrogens (tertiary/aromatic N) is 6. The first kappa shape index (κ1) is 28.3. The molecule has 4 aromatic rings. The molecule has 0 saturated carbocycles. The highest BCUT2D eigenvalue weighted by Crippen LogP contribution is 2.42. The number of pyridine rings is 2. The van der Waals surface area contributed by atoms with Crippen LogP contribution in [0.15, 0.2) is 60.9 Å². The summed E-state index contributed by atoms with van der Waals surface area (Å²) in [6, 6.07) is 11.9. The van der Waals surface area contributed by atoms with Crippen molar-refractivity contribution in [1.29, 1.82) is 0 Å². The maximum Gasteiger partial charge on any atom is 0.435 e. The molecular weight excluding hydrogens is 522 g/mol. The van der Waals surface area contributed by atoms with Crippen molar-refractivity contribution in [2.75, 3.05) is 0 Å². The van der Waals surface area contributed by atoms with Gasteiger partial charge in [-0.25, -0.2) is 19.3 Å². The molecule has 0 unspecified atom stereocenters. The quantitative estimate of drug-likeness (QED) is 0.217. The largest absolute Gasteiger partial charge is 0.435 e. The van der Waals surface area contributed by atoms with E-state index in [-0.39, 0.29) is 23.5 Å².